The van der Waals surface area contributed by atoms with Gasteiger partial charge in [0.1, 0.15) is 0 Å². The van der Waals surface area contributed by atoms with Crippen LogP contribution in [0.2, 0.25) is 0 Å². The van der Waals surface area contributed by atoms with E-state index in [4.69, 9.17) is 4.84 Å². The molecule has 0 aliphatic heterocycles. The molecule has 0 bridgehead atoms. The van der Waals surface area contributed by atoms with Gasteiger partial charge in [-0.05, 0) is 33.1 Å². The number of hydroxylamine groups is 1. The Labute approximate surface area is 83.0 Å². The van der Waals surface area contributed by atoms with Crippen molar-refractivity contribution in [3.05, 3.63) is 0 Å². The molecule has 13 heavy (non-hydrogen) atoms. The molecule has 0 aromatic carbocycles. The van der Waals surface area contributed by atoms with Crippen LogP contribution in [0.25, 0.3) is 0 Å². The zero-order valence-corrected chi connectivity index (χ0v) is 9.81. The monoisotopic (exact) mass is 187 g/mol. The van der Waals surface area contributed by atoms with Gasteiger partial charge in [-0.1, -0.05) is 27.2 Å². The summed E-state index contributed by atoms with van der Waals surface area (Å²) in [6.07, 6.45) is 4.82. The lowest BCUT2D eigenvalue weighted by molar-refractivity contribution is -0.0670. The quantitative estimate of drug-likeness (QED) is 0.618. The van der Waals surface area contributed by atoms with Gasteiger partial charge in [0.2, 0.25) is 0 Å². The molecular weight excluding hydrogens is 162 g/mol. The maximum absolute atomic E-state index is 5.58. The van der Waals surface area contributed by atoms with Crippen LogP contribution in [-0.4, -0.2) is 11.6 Å². The standard InChI is InChI=1S/C11H25NO/c1-6-9-10(4)13-12-11(5,7-2)8-3/h10,12H,6-9H2,1-5H3. The first-order valence-electron chi connectivity index (χ1n) is 5.50. The van der Waals surface area contributed by atoms with Crippen LogP contribution < -0.4 is 5.48 Å². The molecule has 0 amide bonds. The third kappa shape index (κ3) is 5.27. The van der Waals surface area contributed by atoms with Gasteiger partial charge in [0.25, 0.3) is 0 Å². The van der Waals surface area contributed by atoms with Gasteiger partial charge in [-0.25, -0.2) is 0 Å². The first kappa shape index (κ1) is 12.9. The SMILES string of the molecule is CCCC(C)ONC(C)(CC)CC. The van der Waals surface area contributed by atoms with Gasteiger partial charge in [-0.15, -0.1) is 0 Å². The summed E-state index contributed by atoms with van der Waals surface area (Å²) in [5, 5.41) is 0. The Morgan fingerprint density at radius 3 is 2.15 bits per heavy atom. The van der Waals surface area contributed by atoms with Crippen LogP contribution in [-0.2, 0) is 4.84 Å². The van der Waals surface area contributed by atoms with Gasteiger partial charge < -0.3 is 0 Å². The molecule has 1 unspecified atom stereocenters. The lowest BCUT2D eigenvalue weighted by atomic mass is 9.97. The highest BCUT2D eigenvalue weighted by Gasteiger charge is 2.19. The highest BCUT2D eigenvalue weighted by molar-refractivity contribution is 4.75. The summed E-state index contributed by atoms with van der Waals surface area (Å²) in [6, 6.07) is 0. The van der Waals surface area contributed by atoms with Crippen molar-refractivity contribution >= 4 is 0 Å². The smallest absolute Gasteiger partial charge is 0.0762 e. The molecule has 2 heteroatoms. The molecule has 0 heterocycles. The van der Waals surface area contributed by atoms with E-state index >= 15 is 0 Å². The first-order valence-corrected chi connectivity index (χ1v) is 5.50. The molecule has 0 saturated carbocycles. The normalized spacial score (nSPS) is 14.5. The second kappa shape index (κ2) is 6.39. The van der Waals surface area contributed by atoms with Gasteiger partial charge in [0, 0.05) is 5.54 Å². The van der Waals surface area contributed by atoms with Crippen molar-refractivity contribution in [1.29, 1.82) is 0 Å². The number of rotatable bonds is 7. The van der Waals surface area contributed by atoms with Crippen LogP contribution in [0.1, 0.15) is 60.3 Å². The summed E-state index contributed by atoms with van der Waals surface area (Å²) < 4.78 is 0. The van der Waals surface area contributed by atoms with E-state index in [1.54, 1.807) is 0 Å². The molecule has 0 radical (unpaired) electrons. The topological polar surface area (TPSA) is 21.3 Å². The van der Waals surface area contributed by atoms with E-state index in [9.17, 15) is 0 Å². The molecule has 2 nitrogen and oxygen atoms in total. The molecule has 0 spiro atoms. The Bertz CT molecular complexity index is 121. The Balaban J connectivity index is 3.71. The van der Waals surface area contributed by atoms with Crippen LogP contribution in [0.4, 0.5) is 0 Å². The zero-order valence-electron chi connectivity index (χ0n) is 9.81. The molecule has 1 atom stereocenters. The molecule has 0 aromatic rings. The molecule has 0 aliphatic rings. The first-order chi connectivity index (χ1) is 6.08. The van der Waals surface area contributed by atoms with Crippen LogP contribution in [0.15, 0.2) is 0 Å². The number of hydrogen-bond donors (Lipinski definition) is 1. The fourth-order valence-electron chi connectivity index (χ4n) is 1.10. The van der Waals surface area contributed by atoms with E-state index in [1.165, 1.54) is 6.42 Å². The van der Waals surface area contributed by atoms with E-state index < -0.39 is 0 Å². The van der Waals surface area contributed by atoms with E-state index in [-0.39, 0.29) is 5.54 Å². The minimum Gasteiger partial charge on any atom is -0.298 e. The van der Waals surface area contributed by atoms with Crippen molar-refractivity contribution in [1.82, 2.24) is 5.48 Å². The van der Waals surface area contributed by atoms with Crippen LogP contribution in [0.3, 0.4) is 0 Å². The van der Waals surface area contributed by atoms with Crippen molar-refractivity contribution in [2.45, 2.75) is 71.9 Å². The van der Waals surface area contributed by atoms with E-state index in [0.717, 1.165) is 19.3 Å². The molecule has 0 aromatic heterocycles. The Hall–Kier alpha value is -0.0800. The Morgan fingerprint density at radius 1 is 1.23 bits per heavy atom. The van der Waals surface area contributed by atoms with E-state index in [0.29, 0.717) is 6.10 Å². The van der Waals surface area contributed by atoms with Crippen LogP contribution >= 0.6 is 0 Å². The van der Waals surface area contributed by atoms with Crippen molar-refractivity contribution in [2.24, 2.45) is 0 Å². The summed E-state index contributed by atoms with van der Waals surface area (Å²) in [6.45, 7) is 10.9. The maximum atomic E-state index is 5.58. The van der Waals surface area contributed by atoms with Crippen molar-refractivity contribution in [2.75, 3.05) is 0 Å². The fourth-order valence-corrected chi connectivity index (χ4v) is 1.10. The summed E-state index contributed by atoms with van der Waals surface area (Å²) in [5.74, 6) is 0. The van der Waals surface area contributed by atoms with Gasteiger partial charge in [-0.3, -0.25) is 4.84 Å². The van der Waals surface area contributed by atoms with Crippen molar-refractivity contribution < 1.29 is 4.84 Å². The van der Waals surface area contributed by atoms with Crippen LogP contribution in [0.5, 0.6) is 0 Å². The number of nitrogens with one attached hydrogen (secondary N) is 1. The lowest BCUT2D eigenvalue weighted by Gasteiger charge is -2.29. The summed E-state index contributed by atoms with van der Waals surface area (Å²) in [7, 11) is 0. The average molecular weight is 187 g/mol. The van der Waals surface area contributed by atoms with Gasteiger partial charge in [0.05, 0.1) is 6.10 Å². The molecule has 80 valence electrons. The van der Waals surface area contributed by atoms with Gasteiger partial charge >= 0.3 is 0 Å². The zero-order chi connectivity index (χ0) is 10.3. The van der Waals surface area contributed by atoms with Crippen LogP contribution in [0, 0.1) is 0 Å². The maximum Gasteiger partial charge on any atom is 0.0762 e. The highest BCUT2D eigenvalue weighted by Crippen LogP contribution is 2.14. The minimum atomic E-state index is 0.141. The molecular formula is C11H25NO. The average Bonchev–Trinajstić information content (AvgIpc) is 2.15. The summed E-state index contributed by atoms with van der Waals surface area (Å²) >= 11 is 0. The van der Waals surface area contributed by atoms with Gasteiger partial charge in [0.15, 0.2) is 0 Å². The molecule has 0 saturated heterocycles. The second-order valence-corrected chi connectivity index (χ2v) is 4.09. The highest BCUT2D eigenvalue weighted by atomic mass is 16.7. The summed E-state index contributed by atoms with van der Waals surface area (Å²) in [4.78, 5) is 5.58. The number of hydrogen-bond acceptors (Lipinski definition) is 2. The largest absolute Gasteiger partial charge is 0.298 e. The summed E-state index contributed by atoms with van der Waals surface area (Å²) in [5.41, 5.74) is 3.32. The molecule has 1 N–H and O–H groups in total. The van der Waals surface area contributed by atoms with Crippen molar-refractivity contribution in [3.63, 3.8) is 0 Å². The third-order valence-corrected chi connectivity index (χ3v) is 2.76. The van der Waals surface area contributed by atoms with E-state index in [2.05, 4.69) is 40.1 Å². The van der Waals surface area contributed by atoms with Crippen molar-refractivity contribution in [3.8, 4) is 0 Å². The molecule has 0 aliphatic carbocycles. The van der Waals surface area contributed by atoms with Gasteiger partial charge in [-0.2, -0.15) is 5.48 Å². The molecule has 0 rings (SSSR count). The fraction of sp³-hybridized carbons (Fsp3) is 1.00. The van der Waals surface area contributed by atoms with E-state index in [1.807, 2.05) is 0 Å². The predicted octanol–water partition coefficient (Wildman–Crippen LogP) is 3.27. The third-order valence-electron chi connectivity index (χ3n) is 2.76. The Kier molecular flexibility index (Phi) is 6.35. The lowest BCUT2D eigenvalue weighted by Crippen LogP contribution is -2.42. The minimum absolute atomic E-state index is 0.141. The second-order valence-electron chi connectivity index (χ2n) is 4.09. The molecule has 0 fully saturated rings. The Morgan fingerprint density at radius 2 is 1.77 bits per heavy atom. The predicted molar refractivity (Wildman–Crippen MR) is 57.6 cm³/mol.